The average Bonchev–Trinajstić information content (AvgIpc) is 2.71. The fraction of sp³-hybridized carbons (Fsp3) is 0.385. The predicted molar refractivity (Wildman–Crippen MR) is 74.1 cm³/mol. The van der Waals surface area contributed by atoms with Gasteiger partial charge >= 0.3 is 0 Å². The quantitative estimate of drug-likeness (QED) is 0.863. The number of nitrogens with zero attached hydrogens (tertiary/aromatic N) is 2. The molecule has 1 aromatic carbocycles. The van der Waals surface area contributed by atoms with Crippen molar-refractivity contribution in [1.82, 2.24) is 14.8 Å². The molecule has 0 saturated carbocycles. The standard InChI is InChI=1S/C13H17N3OS/c1-8(2)12-14-15-13(18)16(12)11-6-5-10(17-4)7-9(11)3/h5-8H,1-4H3,(H,15,18). The van der Waals surface area contributed by atoms with Crippen LogP contribution < -0.4 is 4.74 Å². The lowest BCUT2D eigenvalue weighted by molar-refractivity contribution is 0.414. The Hall–Kier alpha value is -1.62. The van der Waals surface area contributed by atoms with E-state index >= 15 is 0 Å². The lowest BCUT2D eigenvalue weighted by atomic mass is 10.1. The predicted octanol–water partition coefficient (Wildman–Crippen LogP) is 3.37. The van der Waals surface area contributed by atoms with Crippen LogP contribution in [0.5, 0.6) is 5.75 Å². The topological polar surface area (TPSA) is 42.8 Å². The van der Waals surface area contributed by atoms with Gasteiger partial charge in [-0.15, -0.1) is 0 Å². The van der Waals surface area contributed by atoms with Gasteiger partial charge in [0.2, 0.25) is 0 Å². The number of ether oxygens (including phenoxy) is 1. The summed E-state index contributed by atoms with van der Waals surface area (Å²) in [5, 5.41) is 7.15. The number of hydrogen-bond acceptors (Lipinski definition) is 3. The molecule has 0 saturated heterocycles. The van der Waals surface area contributed by atoms with Crippen LogP contribution in [0.4, 0.5) is 0 Å². The van der Waals surface area contributed by atoms with Crippen LogP contribution in [0.1, 0.15) is 31.2 Å². The molecule has 2 aromatic rings. The first-order valence-corrected chi connectivity index (χ1v) is 6.27. The highest BCUT2D eigenvalue weighted by atomic mass is 32.1. The van der Waals surface area contributed by atoms with Gasteiger partial charge in [0, 0.05) is 5.92 Å². The maximum absolute atomic E-state index is 5.31. The summed E-state index contributed by atoms with van der Waals surface area (Å²) in [6, 6.07) is 5.93. The Labute approximate surface area is 112 Å². The third kappa shape index (κ3) is 2.18. The molecular formula is C13H17N3OS. The normalized spacial score (nSPS) is 10.9. The number of benzene rings is 1. The van der Waals surface area contributed by atoms with Crippen molar-refractivity contribution in [3.05, 3.63) is 34.4 Å². The highest BCUT2D eigenvalue weighted by Gasteiger charge is 2.13. The Balaban J connectivity index is 2.62. The summed E-state index contributed by atoms with van der Waals surface area (Å²) in [7, 11) is 1.66. The minimum atomic E-state index is 0.305. The molecule has 0 aliphatic rings. The van der Waals surface area contributed by atoms with Crippen molar-refractivity contribution in [2.24, 2.45) is 0 Å². The highest BCUT2D eigenvalue weighted by Crippen LogP contribution is 2.23. The SMILES string of the molecule is COc1ccc(-n2c(C(C)C)n[nH]c2=S)c(C)c1. The number of aryl methyl sites for hydroxylation is 1. The first-order valence-electron chi connectivity index (χ1n) is 5.87. The average molecular weight is 263 g/mol. The number of H-pyrrole nitrogens is 1. The van der Waals surface area contributed by atoms with Gasteiger partial charge in [-0.05, 0) is 42.9 Å². The van der Waals surface area contributed by atoms with Crippen molar-refractivity contribution in [3.63, 3.8) is 0 Å². The summed E-state index contributed by atoms with van der Waals surface area (Å²) in [6.07, 6.45) is 0. The van der Waals surface area contributed by atoms with E-state index in [1.165, 1.54) is 0 Å². The maximum atomic E-state index is 5.31. The van der Waals surface area contributed by atoms with E-state index in [2.05, 4.69) is 24.0 Å². The largest absolute Gasteiger partial charge is 0.497 e. The van der Waals surface area contributed by atoms with E-state index in [-0.39, 0.29) is 0 Å². The van der Waals surface area contributed by atoms with Gasteiger partial charge in [0.15, 0.2) is 4.77 Å². The van der Waals surface area contributed by atoms with Gasteiger partial charge < -0.3 is 4.74 Å². The van der Waals surface area contributed by atoms with Crippen LogP contribution >= 0.6 is 12.2 Å². The third-order valence-corrected chi connectivity index (χ3v) is 3.13. The molecule has 0 aliphatic carbocycles. The van der Waals surface area contributed by atoms with E-state index in [9.17, 15) is 0 Å². The van der Waals surface area contributed by atoms with Crippen LogP contribution in [-0.4, -0.2) is 21.9 Å². The molecule has 2 rings (SSSR count). The molecule has 1 heterocycles. The zero-order chi connectivity index (χ0) is 13.3. The second-order valence-corrected chi connectivity index (χ2v) is 4.92. The van der Waals surface area contributed by atoms with Gasteiger partial charge in [-0.25, -0.2) is 0 Å². The summed E-state index contributed by atoms with van der Waals surface area (Å²) in [4.78, 5) is 0. The van der Waals surface area contributed by atoms with Crippen LogP contribution in [-0.2, 0) is 0 Å². The van der Waals surface area contributed by atoms with Gasteiger partial charge in [-0.1, -0.05) is 13.8 Å². The lowest BCUT2D eigenvalue weighted by Gasteiger charge is -2.12. The fourth-order valence-corrected chi connectivity index (χ4v) is 2.17. The monoisotopic (exact) mass is 263 g/mol. The van der Waals surface area contributed by atoms with Crippen molar-refractivity contribution in [3.8, 4) is 11.4 Å². The third-order valence-electron chi connectivity index (χ3n) is 2.86. The molecule has 18 heavy (non-hydrogen) atoms. The van der Waals surface area contributed by atoms with Gasteiger partial charge in [0.05, 0.1) is 12.8 Å². The second kappa shape index (κ2) is 4.94. The van der Waals surface area contributed by atoms with E-state index in [1.54, 1.807) is 7.11 Å². The van der Waals surface area contributed by atoms with Crippen molar-refractivity contribution in [2.45, 2.75) is 26.7 Å². The summed E-state index contributed by atoms with van der Waals surface area (Å²) in [5.41, 5.74) is 2.15. The van der Waals surface area contributed by atoms with E-state index < -0.39 is 0 Å². The molecule has 0 spiro atoms. The summed E-state index contributed by atoms with van der Waals surface area (Å²) in [6.45, 7) is 6.23. The van der Waals surface area contributed by atoms with Gasteiger partial charge in [-0.3, -0.25) is 9.67 Å². The van der Waals surface area contributed by atoms with Crippen LogP contribution in [0.15, 0.2) is 18.2 Å². The number of nitrogens with one attached hydrogen (secondary N) is 1. The molecule has 0 aliphatic heterocycles. The van der Waals surface area contributed by atoms with Crippen LogP contribution in [0, 0.1) is 11.7 Å². The van der Waals surface area contributed by atoms with E-state index in [0.29, 0.717) is 10.7 Å². The summed E-state index contributed by atoms with van der Waals surface area (Å²) < 4.78 is 7.82. The Bertz CT molecular complexity index is 613. The van der Waals surface area contributed by atoms with Crippen LogP contribution in [0.25, 0.3) is 5.69 Å². The summed E-state index contributed by atoms with van der Waals surface area (Å²) >= 11 is 5.31. The molecule has 1 N–H and O–H groups in total. The molecular weight excluding hydrogens is 246 g/mol. The molecule has 0 atom stereocenters. The smallest absolute Gasteiger partial charge is 0.199 e. The van der Waals surface area contributed by atoms with Gasteiger partial charge in [-0.2, -0.15) is 5.10 Å². The van der Waals surface area contributed by atoms with E-state index in [0.717, 1.165) is 22.8 Å². The van der Waals surface area contributed by atoms with Crippen molar-refractivity contribution in [1.29, 1.82) is 0 Å². The highest BCUT2D eigenvalue weighted by molar-refractivity contribution is 7.71. The minimum absolute atomic E-state index is 0.305. The lowest BCUT2D eigenvalue weighted by Crippen LogP contribution is -2.05. The molecule has 0 radical (unpaired) electrons. The zero-order valence-electron chi connectivity index (χ0n) is 11.0. The fourth-order valence-electron chi connectivity index (χ4n) is 1.94. The molecule has 5 heteroatoms. The first kappa shape index (κ1) is 12.8. The Morgan fingerprint density at radius 3 is 2.67 bits per heavy atom. The number of aromatic nitrogens is 3. The van der Waals surface area contributed by atoms with E-state index in [4.69, 9.17) is 17.0 Å². The molecule has 1 aromatic heterocycles. The molecule has 0 unspecified atom stereocenters. The molecule has 96 valence electrons. The summed E-state index contributed by atoms with van der Waals surface area (Å²) in [5.74, 6) is 2.09. The Morgan fingerprint density at radius 1 is 1.39 bits per heavy atom. The van der Waals surface area contributed by atoms with Crippen molar-refractivity contribution in [2.75, 3.05) is 7.11 Å². The number of rotatable bonds is 3. The molecule has 0 bridgehead atoms. The first-order chi connectivity index (χ1) is 8.54. The molecule has 0 amide bonds. The zero-order valence-corrected chi connectivity index (χ0v) is 11.8. The van der Waals surface area contributed by atoms with Crippen LogP contribution in [0.2, 0.25) is 0 Å². The van der Waals surface area contributed by atoms with Crippen molar-refractivity contribution >= 4 is 12.2 Å². The number of aromatic amines is 1. The minimum Gasteiger partial charge on any atom is -0.497 e. The van der Waals surface area contributed by atoms with E-state index in [1.807, 2.05) is 29.7 Å². The Morgan fingerprint density at radius 2 is 2.11 bits per heavy atom. The van der Waals surface area contributed by atoms with Crippen molar-refractivity contribution < 1.29 is 4.74 Å². The second-order valence-electron chi connectivity index (χ2n) is 4.53. The van der Waals surface area contributed by atoms with Gasteiger partial charge in [0.25, 0.3) is 0 Å². The Kier molecular flexibility index (Phi) is 3.52. The molecule has 4 nitrogen and oxygen atoms in total. The molecule has 0 fully saturated rings. The number of methoxy groups -OCH3 is 1. The van der Waals surface area contributed by atoms with Gasteiger partial charge in [0.1, 0.15) is 11.6 Å². The van der Waals surface area contributed by atoms with Crippen LogP contribution in [0.3, 0.4) is 0 Å². The maximum Gasteiger partial charge on any atom is 0.199 e. The number of hydrogen-bond donors (Lipinski definition) is 1.